The molecule has 1 aliphatic carbocycles. The van der Waals surface area contributed by atoms with E-state index in [1.165, 1.54) is 44.3 Å². The molecule has 0 radical (unpaired) electrons. The van der Waals surface area contributed by atoms with Crippen molar-refractivity contribution in [3.8, 4) is 33.8 Å². The molecule has 0 spiro atoms. The molecule has 0 heterocycles. The summed E-state index contributed by atoms with van der Waals surface area (Å²) in [6, 6.07) is 40.7. The largest absolute Gasteiger partial charge is 0.491 e. The first kappa shape index (κ1) is 25.3. The predicted molar refractivity (Wildman–Crippen MR) is 165 cm³/mol. The van der Waals surface area contributed by atoms with Gasteiger partial charge in [-0.15, -0.1) is 0 Å². The highest BCUT2D eigenvalue weighted by Crippen LogP contribution is 2.53. The maximum atomic E-state index is 9.21. The Morgan fingerprint density at radius 1 is 0.488 bits per heavy atom. The van der Waals surface area contributed by atoms with Gasteiger partial charge < -0.3 is 19.7 Å². The fraction of sp³-hybridized carbons (Fsp3) is 0.135. The van der Waals surface area contributed by atoms with Crippen LogP contribution in [0.3, 0.4) is 0 Å². The van der Waals surface area contributed by atoms with Gasteiger partial charge in [0.25, 0.3) is 0 Å². The number of aliphatic hydroxyl groups is 2. The summed E-state index contributed by atoms with van der Waals surface area (Å²) in [5.41, 5.74) is 8.83. The second kappa shape index (κ2) is 10.7. The summed E-state index contributed by atoms with van der Waals surface area (Å²) in [6.45, 7) is 0.526. The number of fused-ring (bicyclic) bond motifs is 5. The molecule has 4 nitrogen and oxygen atoms in total. The van der Waals surface area contributed by atoms with E-state index in [1.807, 2.05) is 18.2 Å². The van der Waals surface area contributed by atoms with Crippen LogP contribution in [0.4, 0.5) is 0 Å². The summed E-state index contributed by atoms with van der Waals surface area (Å²) < 4.78 is 11.4. The van der Waals surface area contributed by atoms with Gasteiger partial charge in [0.05, 0.1) is 13.2 Å². The number of benzene rings is 6. The standard InChI is InChI=1S/C37H30O4/c38-18-20-40-26-14-16-28-24(22-26)6-3-10-30(28)34-12-5-13-35-31-8-1-2-9-33(31)36(37(34)35)32-11-4-7-25-23-27(41-21-19-39)15-17-29(25)32/h1-17,22-23,36,38-39H,18-21H2. The van der Waals surface area contributed by atoms with Crippen LogP contribution in [0.2, 0.25) is 0 Å². The van der Waals surface area contributed by atoms with Crippen molar-refractivity contribution in [3.05, 3.63) is 132 Å². The first-order valence-electron chi connectivity index (χ1n) is 14.0. The first-order chi connectivity index (χ1) is 20.3. The molecule has 6 aromatic rings. The zero-order chi connectivity index (χ0) is 27.8. The van der Waals surface area contributed by atoms with Crippen LogP contribution in [0.1, 0.15) is 22.6 Å². The Morgan fingerprint density at radius 2 is 1.02 bits per heavy atom. The maximum Gasteiger partial charge on any atom is 0.120 e. The quantitative estimate of drug-likeness (QED) is 0.210. The summed E-state index contributed by atoms with van der Waals surface area (Å²) >= 11 is 0. The molecule has 0 bridgehead atoms. The molecule has 41 heavy (non-hydrogen) atoms. The lowest BCUT2D eigenvalue weighted by molar-refractivity contribution is 0.201. The molecule has 1 unspecified atom stereocenters. The van der Waals surface area contributed by atoms with E-state index in [2.05, 4.69) is 97.1 Å². The average molecular weight is 539 g/mol. The Labute approximate surface area is 239 Å². The Balaban J connectivity index is 1.43. The van der Waals surface area contributed by atoms with Gasteiger partial charge in [-0.3, -0.25) is 0 Å². The highest BCUT2D eigenvalue weighted by molar-refractivity contribution is 6.01. The molecule has 202 valence electrons. The van der Waals surface area contributed by atoms with E-state index >= 15 is 0 Å². The second-order valence-corrected chi connectivity index (χ2v) is 10.3. The Bertz CT molecular complexity index is 1890. The zero-order valence-corrected chi connectivity index (χ0v) is 22.6. The Kier molecular flexibility index (Phi) is 6.63. The lowest BCUT2D eigenvalue weighted by atomic mass is 9.82. The van der Waals surface area contributed by atoms with Crippen LogP contribution in [0, 0.1) is 0 Å². The second-order valence-electron chi connectivity index (χ2n) is 10.3. The fourth-order valence-corrected chi connectivity index (χ4v) is 6.36. The summed E-state index contributed by atoms with van der Waals surface area (Å²) in [4.78, 5) is 0. The van der Waals surface area contributed by atoms with E-state index in [0.29, 0.717) is 0 Å². The van der Waals surface area contributed by atoms with Gasteiger partial charge in [0.2, 0.25) is 0 Å². The van der Waals surface area contributed by atoms with Crippen LogP contribution in [0.25, 0.3) is 43.8 Å². The summed E-state index contributed by atoms with van der Waals surface area (Å²) in [6.07, 6.45) is 0. The number of aliphatic hydroxyl groups excluding tert-OH is 2. The van der Waals surface area contributed by atoms with E-state index in [4.69, 9.17) is 9.47 Å². The van der Waals surface area contributed by atoms with Crippen molar-refractivity contribution in [2.75, 3.05) is 26.4 Å². The lowest BCUT2D eigenvalue weighted by Crippen LogP contribution is -2.03. The molecule has 0 fully saturated rings. The smallest absolute Gasteiger partial charge is 0.120 e. The summed E-state index contributed by atoms with van der Waals surface area (Å²) in [7, 11) is 0. The highest BCUT2D eigenvalue weighted by atomic mass is 16.5. The van der Waals surface area contributed by atoms with E-state index in [0.717, 1.165) is 27.7 Å². The molecular formula is C37H30O4. The van der Waals surface area contributed by atoms with Crippen LogP contribution in [0.5, 0.6) is 11.5 Å². The van der Waals surface area contributed by atoms with Crippen LogP contribution in [0.15, 0.2) is 115 Å². The predicted octanol–water partition coefficient (Wildman–Crippen LogP) is 7.56. The number of hydrogen-bond donors (Lipinski definition) is 2. The van der Waals surface area contributed by atoms with Crippen molar-refractivity contribution in [1.82, 2.24) is 0 Å². The molecule has 0 aromatic heterocycles. The normalized spacial score (nSPS) is 13.8. The average Bonchev–Trinajstić information content (AvgIpc) is 3.36. The fourth-order valence-electron chi connectivity index (χ4n) is 6.36. The topological polar surface area (TPSA) is 58.9 Å². The molecule has 7 rings (SSSR count). The van der Waals surface area contributed by atoms with Gasteiger partial charge in [0.1, 0.15) is 24.7 Å². The third-order valence-corrected chi connectivity index (χ3v) is 8.02. The molecule has 0 saturated carbocycles. The van der Waals surface area contributed by atoms with Crippen LogP contribution in [-0.4, -0.2) is 36.6 Å². The van der Waals surface area contributed by atoms with E-state index in [9.17, 15) is 10.2 Å². The van der Waals surface area contributed by atoms with E-state index in [1.54, 1.807) is 0 Å². The number of ether oxygens (including phenoxy) is 2. The van der Waals surface area contributed by atoms with E-state index < -0.39 is 0 Å². The first-order valence-corrected chi connectivity index (χ1v) is 14.0. The molecule has 2 N–H and O–H groups in total. The van der Waals surface area contributed by atoms with Crippen molar-refractivity contribution in [3.63, 3.8) is 0 Å². The van der Waals surface area contributed by atoms with Crippen molar-refractivity contribution in [2.45, 2.75) is 5.92 Å². The zero-order valence-electron chi connectivity index (χ0n) is 22.6. The van der Waals surface area contributed by atoms with Crippen molar-refractivity contribution >= 4 is 21.5 Å². The van der Waals surface area contributed by atoms with Crippen molar-refractivity contribution < 1.29 is 19.7 Å². The highest BCUT2D eigenvalue weighted by Gasteiger charge is 2.33. The lowest BCUT2D eigenvalue weighted by Gasteiger charge is -2.21. The van der Waals surface area contributed by atoms with Gasteiger partial charge in [-0.05, 0) is 84.8 Å². The van der Waals surface area contributed by atoms with Gasteiger partial charge in [-0.2, -0.15) is 0 Å². The Hall–Kier alpha value is -4.64. The number of rotatable bonds is 8. The van der Waals surface area contributed by atoms with Gasteiger partial charge in [-0.1, -0.05) is 91.0 Å². The monoisotopic (exact) mass is 538 g/mol. The molecule has 6 aromatic carbocycles. The SMILES string of the molecule is OCCOc1ccc2c(-c3cccc4c3C(c3cccc5cc(OCCO)ccc35)c3ccccc3-4)cccc2c1. The van der Waals surface area contributed by atoms with E-state index in [-0.39, 0.29) is 32.3 Å². The minimum atomic E-state index is -0.0126. The summed E-state index contributed by atoms with van der Waals surface area (Å²) in [5, 5.41) is 23.0. The van der Waals surface area contributed by atoms with Gasteiger partial charge in [0, 0.05) is 5.92 Å². The molecule has 1 atom stereocenters. The molecule has 0 amide bonds. The molecule has 4 heteroatoms. The third-order valence-electron chi connectivity index (χ3n) is 8.02. The minimum absolute atomic E-state index is 0.0122. The third kappa shape index (κ3) is 4.42. The number of hydrogen-bond acceptors (Lipinski definition) is 4. The molecule has 1 aliphatic rings. The van der Waals surface area contributed by atoms with Crippen LogP contribution in [-0.2, 0) is 0 Å². The Morgan fingerprint density at radius 3 is 1.76 bits per heavy atom. The minimum Gasteiger partial charge on any atom is -0.491 e. The molecular weight excluding hydrogens is 508 g/mol. The summed E-state index contributed by atoms with van der Waals surface area (Å²) in [5.74, 6) is 1.58. The van der Waals surface area contributed by atoms with Crippen LogP contribution < -0.4 is 9.47 Å². The van der Waals surface area contributed by atoms with Crippen LogP contribution >= 0.6 is 0 Å². The van der Waals surface area contributed by atoms with Gasteiger partial charge in [-0.25, -0.2) is 0 Å². The maximum absolute atomic E-state index is 9.21. The molecule has 0 aliphatic heterocycles. The van der Waals surface area contributed by atoms with Gasteiger partial charge in [0.15, 0.2) is 0 Å². The van der Waals surface area contributed by atoms with Crippen molar-refractivity contribution in [1.29, 1.82) is 0 Å². The van der Waals surface area contributed by atoms with Gasteiger partial charge >= 0.3 is 0 Å². The van der Waals surface area contributed by atoms with Crippen molar-refractivity contribution in [2.24, 2.45) is 0 Å². The molecule has 0 saturated heterocycles.